The number of hydrogen-bond donors (Lipinski definition) is 0. The maximum Gasteiger partial charge on any atom is 0.263 e. The first-order valence-electron chi connectivity index (χ1n) is 9.52. The third-order valence-corrected chi connectivity index (χ3v) is 6.65. The van der Waals surface area contributed by atoms with Gasteiger partial charge < -0.3 is 9.64 Å². The van der Waals surface area contributed by atoms with Crippen LogP contribution in [0.5, 0.6) is 5.75 Å². The molecule has 1 atom stereocenters. The van der Waals surface area contributed by atoms with Crippen LogP contribution in [0, 0.1) is 0 Å². The van der Waals surface area contributed by atoms with Crippen LogP contribution < -0.4 is 4.74 Å². The molecule has 7 heteroatoms. The summed E-state index contributed by atoms with van der Waals surface area (Å²) >= 11 is 0. The van der Waals surface area contributed by atoms with Gasteiger partial charge in [0.25, 0.3) is 5.91 Å². The molecule has 0 aromatic heterocycles. The fourth-order valence-electron chi connectivity index (χ4n) is 3.24. The van der Waals surface area contributed by atoms with Crippen LogP contribution in [0.25, 0.3) is 0 Å². The first-order valence-corrected chi connectivity index (χ1v) is 11.1. The molecule has 0 radical (unpaired) electrons. The van der Waals surface area contributed by atoms with Gasteiger partial charge in [-0.1, -0.05) is 55.5 Å². The number of carbonyl (C=O) groups excluding carboxylic acids is 1. The number of para-hydroxylation sites is 1. The zero-order chi connectivity index (χ0) is 20.0. The second-order valence-electron chi connectivity index (χ2n) is 6.79. The van der Waals surface area contributed by atoms with Gasteiger partial charge in [0, 0.05) is 26.2 Å². The van der Waals surface area contributed by atoms with Crippen LogP contribution in [0.2, 0.25) is 0 Å². The van der Waals surface area contributed by atoms with Crippen molar-refractivity contribution in [3.05, 3.63) is 66.2 Å². The maximum atomic E-state index is 12.8. The van der Waals surface area contributed by atoms with E-state index in [4.69, 9.17) is 4.74 Å². The lowest BCUT2D eigenvalue weighted by molar-refractivity contribution is -0.140. The molecular weight excluding hydrogens is 376 g/mol. The summed E-state index contributed by atoms with van der Waals surface area (Å²) in [6, 6.07) is 18.4. The number of amides is 1. The average Bonchev–Trinajstić information content (AvgIpc) is 2.73. The van der Waals surface area contributed by atoms with E-state index >= 15 is 0 Å². The summed E-state index contributed by atoms with van der Waals surface area (Å²) in [5.74, 6) is 0.550. The maximum absolute atomic E-state index is 12.8. The number of piperazine rings is 1. The Morgan fingerprint density at radius 1 is 0.964 bits per heavy atom. The van der Waals surface area contributed by atoms with Crippen LogP contribution in [0.4, 0.5) is 0 Å². The smallest absolute Gasteiger partial charge is 0.263 e. The molecule has 28 heavy (non-hydrogen) atoms. The number of sulfonamides is 1. The highest BCUT2D eigenvalue weighted by Crippen LogP contribution is 2.17. The van der Waals surface area contributed by atoms with Crippen molar-refractivity contribution in [3.63, 3.8) is 0 Å². The number of carbonyl (C=O) groups is 1. The van der Waals surface area contributed by atoms with Crippen LogP contribution in [-0.2, 0) is 20.6 Å². The van der Waals surface area contributed by atoms with Crippen LogP contribution in [0.1, 0.15) is 18.9 Å². The molecule has 0 spiro atoms. The quantitative estimate of drug-likeness (QED) is 0.714. The van der Waals surface area contributed by atoms with Crippen molar-refractivity contribution in [1.82, 2.24) is 9.21 Å². The van der Waals surface area contributed by atoms with Crippen LogP contribution in [0.15, 0.2) is 60.7 Å². The molecule has 2 aromatic rings. The van der Waals surface area contributed by atoms with Gasteiger partial charge in [0.1, 0.15) is 5.75 Å². The normalized spacial score (nSPS) is 16.5. The topological polar surface area (TPSA) is 66.9 Å². The van der Waals surface area contributed by atoms with Gasteiger partial charge in [-0.25, -0.2) is 8.42 Å². The van der Waals surface area contributed by atoms with Crippen molar-refractivity contribution in [2.24, 2.45) is 0 Å². The van der Waals surface area contributed by atoms with E-state index in [0.717, 1.165) is 5.56 Å². The summed E-state index contributed by atoms with van der Waals surface area (Å²) < 4.78 is 32.6. The Bertz CT molecular complexity index is 864. The molecule has 0 bridgehead atoms. The molecule has 1 fully saturated rings. The van der Waals surface area contributed by atoms with Gasteiger partial charge in [0.05, 0.1) is 5.75 Å². The van der Waals surface area contributed by atoms with Gasteiger partial charge in [-0.2, -0.15) is 4.31 Å². The Labute approximate surface area is 166 Å². The standard InChI is InChI=1S/C21H26N2O4S/c1-2-20(27-19-11-7-4-8-12-19)21(24)22-13-15-23(16-14-22)28(25,26)17-18-9-5-3-6-10-18/h3-12,20H,2,13-17H2,1H3/t20-/m1/s1. The van der Waals surface area contributed by atoms with Gasteiger partial charge in [-0.3, -0.25) is 4.79 Å². The van der Waals surface area contributed by atoms with E-state index in [1.165, 1.54) is 4.31 Å². The van der Waals surface area contributed by atoms with E-state index in [-0.39, 0.29) is 11.7 Å². The molecule has 6 nitrogen and oxygen atoms in total. The summed E-state index contributed by atoms with van der Waals surface area (Å²) in [7, 11) is -3.40. The predicted molar refractivity (Wildman–Crippen MR) is 108 cm³/mol. The second-order valence-corrected chi connectivity index (χ2v) is 8.76. The highest BCUT2D eigenvalue weighted by molar-refractivity contribution is 7.88. The summed E-state index contributed by atoms with van der Waals surface area (Å²) in [6.45, 7) is 3.28. The lowest BCUT2D eigenvalue weighted by atomic mass is 10.2. The summed E-state index contributed by atoms with van der Waals surface area (Å²) in [5, 5.41) is 0. The number of ether oxygens (including phenoxy) is 1. The number of nitrogens with zero attached hydrogens (tertiary/aromatic N) is 2. The third kappa shape index (κ3) is 5.11. The van der Waals surface area contributed by atoms with Crippen molar-refractivity contribution in [2.75, 3.05) is 26.2 Å². The Balaban J connectivity index is 1.57. The highest BCUT2D eigenvalue weighted by Gasteiger charge is 2.32. The molecule has 1 aliphatic heterocycles. The summed E-state index contributed by atoms with van der Waals surface area (Å²) in [5.41, 5.74) is 0.767. The molecule has 1 amide bonds. The van der Waals surface area contributed by atoms with Gasteiger partial charge in [-0.15, -0.1) is 0 Å². The van der Waals surface area contributed by atoms with Crippen LogP contribution in [-0.4, -0.2) is 55.8 Å². The minimum atomic E-state index is -3.40. The minimum Gasteiger partial charge on any atom is -0.481 e. The fourth-order valence-corrected chi connectivity index (χ4v) is 4.75. The molecule has 0 unspecified atom stereocenters. The van der Waals surface area contributed by atoms with Gasteiger partial charge in [0.2, 0.25) is 10.0 Å². The SMILES string of the molecule is CC[C@@H](Oc1ccccc1)C(=O)N1CCN(S(=O)(=O)Cc2ccccc2)CC1. The lowest BCUT2D eigenvalue weighted by Crippen LogP contribution is -2.53. The molecular formula is C21H26N2O4S. The van der Waals surface area contributed by atoms with E-state index in [9.17, 15) is 13.2 Å². The van der Waals surface area contributed by atoms with Crippen molar-refractivity contribution in [2.45, 2.75) is 25.2 Å². The Hall–Kier alpha value is -2.38. The molecule has 3 rings (SSSR count). The molecule has 0 aliphatic carbocycles. The monoisotopic (exact) mass is 402 g/mol. The number of rotatable bonds is 7. The van der Waals surface area contributed by atoms with Crippen LogP contribution >= 0.6 is 0 Å². The van der Waals surface area contributed by atoms with Crippen molar-refractivity contribution in [1.29, 1.82) is 0 Å². The number of benzene rings is 2. The predicted octanol–water partition coefficient (Wildman–Crippen LogP) is 2.52. The Morgan fingerprint density at radius 3 is 2.11 bits per heavy atom. The summed E-state index contributed by atoms with van der Waals surface area (Å²) in [4.78, 5) is 14.5. The largest absolute Gasteiger partial charge is 0.481 e. The van der Waals surface area contributed by atoms with E-state index < -0.39 is 16.1 Å². The Morgan fingerprint density at radius 2 is 1.54 bits per heavy atom. The molecule has 0 N–H and O–H groups in total. The molecule has 2 aromatic carbocycles. The lowest BCUT2D eigenvalue weighted by Gasteiger charge is -2.35. The minimum absolute atomic E-state index is 0.0174. The zero-order valence-corrected chi connectivity index (χ0v) is 16.8. The van der Waals surface area contributed by atoms with E-state index in [2.05, 4.69) is 0 Å². The molecule has 1 saturated heterocycles. The first-order chi connectivity index (χ1) is 13.5. The molecule has 150 valence electrons. The van der Waals surface area contributed by atoms with Crippen LogP contribution in [0.3, 0.4) is 0 Å². The van der Waals surface area contributed by atoms with Crippen molar-refractivity contribution in [3.8, 4) is 5.75 Å². The third-order valence-electron chi connectivity index (χ3n) is 4.80. The highest BCUT2D eigenvalue weighted by atomic mass is 32.2. The van der Waals surface area contributed by atoms with Gasteiger partial charge in [0.15, 0.2) is 6.10 Å². The molecule has 1 aliphatic rings. The van der Waals surface area contributed by atoms with E-state index in [0.29, 0.717) is 38.3 Å². The van der Waals surface area contributed by atoms with Crippen molar-refractivity contribution < 1.29 is 17.9 Å². The van der Waals surface area contributed by atoms with Gasteiger partial charge in [-0.05, 0) is 24.1 Å². The zero-order valence-electron chi connectivity index (χ0n) is 16.0. The average molecular weight is 403 g/mol. The second kappa shape index (κ2) is 9.21. The van der Waals surface area contributed by atoms with Crippen molar-refractivity contribution >= 4 is 15.9 Å². The number of hydrogen-bond acceptors (Lipinski definition) is 4. The van der Waals surface area contributed by atoms with Gasteiger partial charge >= 0.3 is 0 Å². The Kier molecular flexibility index (Phi) is 6.70. The fraction of sp³-hybridized carbons (Fsp3) is 0.381. The molecule has 1 heterocycles. The molecule has 0 saturated carbocycles. The van der Waals surface area contributed by atoms with E-state index in [1.54, 1.807) is 4.90 Å². The summed E-state index contributed by atoms with van der Waals surface area (Å²) in [6.07, 6.45) is -0.00450. The first kappa shape index (κ1) is 20.4. The van der Waals surface area contributed by atoms with E-state index in [1.807, 2.05) is 67.6 Å².